The Balaban J connectivity index is 1.40. The Bertz CT molecular complexity index is 679. The van der Waals surface area contributed by atoms with Crippen LogP contribution in [-0.4, -0.2) is 57.1 Å². The van der Waals surface area contributed by atoms with Crippen LogP contribution in [-0.2, 0) is 16.1 Å². The maximum absolute atomic E-state index is 13.0. The molecule has 2 atom stereocenters. The summed E-state index contributed by atoms with van der Waals surface area (Å²) in [4.78, 5) is 29.2. The van der Waals surface area contributed by atoms with Gasteiger partial charge in [-0.15, -0.1) is 0 Å². The Morgan fingerprint density at radius 2 is 2.04 bits per heavy atom. The number of aryl methyl sites for hydroxylation is 2. The summed E-state index contributed by atoms with van der Waals surface area (Å²) in [6.45, 7) is 7.12. The predicted octanol–water partition coefficient (Wildman–Crippen LogP) is 1.75. The Hall–Kier alpha value is -1.85. The van der Waals surface area contributed by atoms with E-state index in [0.717, 1.165) is 43.9 Å². The van der Waals surface area contributed by atoms with Gasteiger partial charge in [0, 0.05) is 31.7 Å². The number of nitrogens with zero attached hydrogens (tertiary/aromatic N) is 4. The van der Waals surface area contributed by atoms with E-state index in [1.165, 1.54) is 12.8 Å². The lowest BCUT2D eigenvalue weighted by Crippen LogP contribution is -2.42. The van der Waals surface area contributed by atoms with Crippen LogP contribution in [0.25, 0.3) is 0 Å². The summed E-state index contributed by atoms with van der Waals surface area (Å²) >= 11 is 0. The molecule has 0 unspecified atom stereocenters. The lowest BCUT2D eigenvalue weighted by Gasteiger charge is -2.27. The number of hydrogen-bond acceptors (Lipinski definition) is 3. The van der Waals surface area contributed by atoms with Gasteiger partial charge < -0.3 is 9.80 Å². The number of likely N-dealkylation sites (tertiary alicyclic amines) is 2. The number of carbonyl (C=O) groups is 2. The summed E-state index contributed by atoms with van der Waals surface area (Å²) in [5.74, 6) is 0.880. The van der Waals surface area contributed by atoms with Gasteiger partial charge in [0.25, 0.3) is 0 Å². The maximum Gasteiger partial charge on any atom is 0.228 e. The Morgan fingerprint density at radius 1 is 1.24 bits per heavy atom. The summed E-state index contributed by atoms with van der Waals surface area (Å²) in [6.07, 6.45) is 4.94. The first-order chi connectivity index (χ1) is 12.0. The van der Waals surface area contributed by atoms with Gasteiger partial charge >= 0.3 is 0 Å². The molecule has 6 nitrogen and oxygen atoms in total. The van der Waals surface area contributed by atoms with E-state index in [1.807, 2.05) is 21.4 Å². The van der Waals surface area contributed by atoms with E-state index in [-0.39, 0.29) is 23.8 Å². The smallest absolute Gasteiger partial charge is 0.228 e. The fraction of sp³-hybridized carbons (Fsp3) is 0.737. The molecule has 6 heteroatoms. The number of rotatable bonds is 5. The van der Waals surface area contributed by atoms with Crippen LogP contribution < -0.4 is 0 Å². The minimum absolute atomic E-state index is 0.146. The van der Waals surface area contributed by atoms with Crippen molar-refractivity contribution < 1.29 is 9.59 Å². The number of amides is 2. The highest BCUT2D eigenvalue weighted by molar-refractivity contribution is 5.89. The van der Waals surface area contributed by atoms with E-state index in [4.69, 9.17) is 0 Å². The molecule has 3 aliphatic rings. The standard InChI is InChI=1S/C19H28N4O2/c1-13-8-14(2)23(20-13)12-17-4-3-7-22(17)19(25)16-9-18(24)21(11-16)10-15-5-6-15/h8,15-17H,3-7,9-12H2,1-2H3/t16-,17-/m1/s1. The van der Waals surface area contributed by atoms with Crippen LogP contribution in [0.2, 0.25) is 0 Å². The molecule has 2 aliphatic heterocycles. The fourth-order valence-corrected chi connectivity index (χ4v) is 4.34. The number of aromatic nitrogens is 2. The second-order valence-corrected chi connectivity index (χ2v) is 8.08. The zero-order valence-corrected chi connectivity index (χ0v) is 15.3. The Kier molecular flexibility index (Phi) is 4.29. The van der Waals surface area contributed by atoms with Crippen LogP contribution >= 0.6 is 0 Å². The van der Waals surface area contributed by atoms with E-state index in [9.17, 15) is 9.59 Å². The van der Waals surface area contributed by atoms with Crippen LogP contribution in [0.15, 0.2) is 6.07 Å². The summed E-state index contributed by atoms with van der Waals surface area (Å²) in [7, 11) is 0. The van der Waals surface area contributed by atoms with E-state index < -0.39 is 0 Å². The van der Waals surface area contributed by atoms with Gasteiger partial charge in [-0.3, -0.25) is 14.3 Å². The molecule has 0 bridgehead atoms. The van der Waals surface area contributed by atoms with E-state index in [0.29, 0.717) is 18.9 Å². The third kappa shape index (κ3) is 3.44. The summed E-state index contributed by atoms with van der Waals surface area (Å²) < 4.78 is 2.02. The molecule has 0 N–H and O–H groups in total. The molecule has 4 rings (SSSR count). The normalized spacial score (nSPS) is 26.7. The van der Waals surface area contributed by atoms with Crippen molar-refractivity contribution in [2.45, 2.75) is 58.5 Å². The molecule has 3 heterocycles. The van der Waals surface area contributed by atoms with Gasteiger partial charge in [-0.2, -0.15) is 5.10 Å². The molecule has 0 spiro atoms. The minimum atomic E-state index is -0.146. The maximum atomic E-state index is 13.0. The molecule has 136 valence electrons. The third-order valence-corrected chi connectivity index (χ3v) is 5.89. The third-order valence-electron chi connectivity index (χ3n) is 5.89. The second-order valence-electron chi connectivity index (χ2n) is 8.08. The Morgan fingerprint density at radius 3 is 2.72 bits per heavy atom. The first-order valence-electron chi connectivity index (χ1n) is 9.60. The van der Waals surface area contributed by atoms with Crippen molar-refractivity contribution in [1.82, 2.24) is 19.6 Å². The number of carbonyl (C=O) groups excluding carboxylic acids is 2. The first-order valence-corrected chi connectivity index (χ1v) is 9.60. The van der Waals surface area contributed by atoms with Crippen molar-refractivity contribution in [3.8, 4) is 0 Å². The number of hydrogen-bond donors (Lipinski definition) is 0. The highest BCUT2D eigenvalue weighted by atomic mass is 16.2. The quantitative estimate of drug-likeness (QED) is 0.818. The SMILES string of the molecule is Cc1cc(C)n(C[C@H]2CCCN2C(=O)[C@@H]2CC(=O)N(CC3CC3)C2)n1. The van der Waals surface area contributed by atoms with E-state index >= 15 is 0 Å². The average molecular weight is 344 g/mol. The monoisotopic (exact) mass is 344 g/mol. The molecule has 1 aliphatic carbocycles. The van der Waals surface area contributed by atoms with Gasteiger partial charge in [0.15, 0.2) is 0 Å². The van der Waals surface area contributed by atoms with Crippen molar-refractivity contribution in [3.05, 3.63) is 17.5 Å². The molecule has 2 amide bonds. The average Bonchev–Trinajstić information content (AvgIpc) is 2.98. The minimum Gasteiger partial charge on any atom is -0.342 e. The van der Waals surface area contributed by atoms with Crippen molar-refractivity contribution in [3.63, 3.8) is 0 Å². The van der Waals surface area contributed by atoms with Gasteiger partial charge in [-0.1, -0.05) is 0 Å². The summed E-state index contributed by atoms with van der Waals surface area (Å²) in [6, 6.07) is 2.28. The van der Waals surface area contributed by atoms with Crippen LogP contribution in [0.4, 0.5) is 0 Å². The predicted molar refractivity (Wildman–Crippen MR) is 93.8 cm³/mol. The van der Waals surface area contributed by atoms with Crippen LogP contribution in [0.5, 0.6) is 0 Å². The molecule has 2 saturated heterocycles. The van der Waals surface area contributed by atoms with Crippen molar-refractivity contribution >= 4 is 11.8 Å². The zero-order chi connectivity index (χ0) is 17.6. The van der Waals surface area contributed by atoms with Crippen LogP contribution in [0.1, 0.15) is 43.5 Å². The molecule has 25 heavy (non-hydrogen) atoms. The molecule has 1 aromatic rings. The van der Waals surface area contributed by atoms with Crippen LogP contribution in [0, 0.1) is 25.7 Å². The van der Waals surface area contributed by atoms with E-state index in [1.54, 1.807) is 0 Å². The first kappa shape index (κ1) is 16.6. The fourth-order valence-electron chi connectivity index (χ4n) is 4.34. The molecule has 1 aromatic heterocycles. The van der Waals surface area contributed by atoms with Crippen molar-refractivity contribution in [1.29, 1.82) is 0 Å². The molecule has 0 aromatic carbocycles. The topological polar surface area (TPSA) is 58.4 Å². The molecule has 1 saturated carbocycles. The van der Waals surface area contributed by atoms with Crippen LogP contribution in [0.3, 0.4) is 0 Å². The Labute approximate surface area is 149 Å². The lowest BCUT2D eigenvalue weighted by molar-refractivity contribution is -0.136. The molecular weight excluding hydrogens is 316 g/mol. The molecule has 0 radical (unpaired) electrons. The zero-order valence-electron chi connectivity index (χ0n) is 15.3. The van der Waals surface area contributed by atoms with Gasteiger partial charge in [0.05, 0.1) is 24.2 Å². The van der Waals surface area contributed by atoms with Gasteiger partial charge in [0.1, 0.15) is 0 Å². The molecule has 3 fully saturated rings. The van der Waals surface area contributed by atoms with Crippen molar-refractivity contribution in [2.75, 3.05) is 19.6 Å². The second kappa shape index (κ2) is 6.46. The highest BCUT2D eigenvalue weighted by Crippen LogP contribution is 2.33. The summed E-state index contributed by atoms with van der Waals surface area (Å²) in [5.41, 5.74) is 2.16. The molecular formula is C19H28N4O2. The largest absolute Gasteiger partial charge is 0.342 e. The van der Waals surface area contributed by atoms with Gasteiger partial charge in [-0.05, 0) is 51.5 Å². The highest BCUT2D eigenvalue weighted by Gasteiger charge is 2.41. The summed E-state index contributed by atoms with van der Waals surface area (Å²) in [5, 5.41) is 4.55. The van der Waals surface area contributed by atoms with E-state index in [2.05, 4.69) is 18.1 Å². The van der Waals surface area contributed by atoms with Gasteiger partial charge in [-0.25, -0.2) is 0 Å². The van der Waals surface area contributed by atoms with Crippen molar-refractivity contribution in [2.24, 2.45) is 11.8 Å². The van der Waals surface area contributed by atoms with Gasteiger partial charge in [0.2, 0.25) is 11.8 Å². The lowest BCUT2D eigenvalue weighted by atomic mass is 10.1.